The van der Waals surface area contributed by atoms with Crippen LogP contribution in [0.15, 0.2) is 42.0 Å². The zero-order valence-corrected chi connectivity index (χ0v) is 23.2. The third kappa shape index (κ3) is 9.91. The van der Waals surface area contributed by atoms with Gasteiger partial charge in [0, 0.05) is 16.7 Å². The normalized spacial score (nSPS) is 13.6. The third-order valence-corrected chi connectivity index (χ3v) is 6.07. The Balaban J connectivity index is 3.36. The molecule has 0 aliphatic heterocycles. The highest BCUT2D eigenvalue weighted by atomic mass is 16.5. The first kappa shape index (κ1) is 29.7. The molecule has 0 aromatic heterocycles. The summed E-state index contributed by atoms with van der Waals surface area (Å²) in [6.45, 7) is 20.1. The molecule has 0 aliphatic carbocycles. The minimum absolute atomic E-state index is 0.0179. The van der Waals surface area contributed by atoms with Gasteiger partial charge in [-0.15, -0.1) is 0 Å². The van der Waals surface area contributed by atoms with Crippen LogP contribution in [0, 0.1) is 0 Å². The van der Waals surface area contributed by atoms with E-state index in [1.165, 1.54) is 43.2 Å². The van der Waals surface area contributed by atoms with E-state index >= 15 is 0 Å². The fourth-order valence-corrected chi connectivity index (χ4v) is 3.68. The Bertz CT molecular complexity index is 886. The molecule has 1 aromatic carbocycles. The monoisotopic (exact) mass is 468 g/mol. The first-order valence-electron chi connectivity index (χ1n) is 12.9. The van der Waals surface area contributed by atoms with Crippen molar-refractivity contribution in [3.63, 3.8) is 0 Å². The maximum absolute atomic E-state index is 11.0. The van der Waals surface area contributed by atoms with Crippen molar-refractivity contribution in [1.82, 2.24) is 0 Å². The van der Waals surface area contributed by atoms with Gasteiger partial charge in [0.1, 0.15) is 5.75 Å². The number of ether oxygens (including phenoxy) is 1. The average molecular weight is 469 g/mol. The summed E-state index contributed by atoms with van der Waals surface area (Å²) in [6, 6.07) is 4.59. The van der Waals surface area contributed by atoms with Gasteiger partial charge in [-0.05, 0) is 48.3 Å². The van der Waals surface area contributed by atoms with Crippen LogP contribution in [0.1, 0.15) is 118 Å². The lowest BCUT2D eigenvalue weighted by Gasteiger charge is -2.29. The summed E-state index contributed by atoms with van der Waals surface area (Å²) in [7, 11) is 0. The second-order valence-corrected chi connectivity index (χ2v) is 11.4. The van der Waals surface area contributed by atoms with Gasteiger partial charge >= 0.3 is 5.97 Å². The summed E-state index contributed by atoms with van der Waals surface area (Å²) in [5, 5.41) is 9.05. The lowest BCUT2D eigenvalue weighted by molar-refractivity contribution is -0.132. The van der Waals surface area contributed by atoms with Gasteiger partial charge in [-0.2, -0.15) is 0 Å². The fraction of sp³-hybridized carbons (Fsp3) is 0.581. The highest BCUT2D eigenvalue weighted by Gasteiger charge is 2.26. The molecule has 0 bridgehead atoms. The van der Waals surface area contributed by atoms with E-state index in [-0.39, 0.29) is 10.8 Å². The molecule has 3 nitrogen and oxygen atoms in total. The molecule has 0 unspecified atom stereocenters. The highest BCUT2D eigenvalue weighted by molar-refractivity contribution is 5.86. The first-order valence-corrected chi connectivity index (χ1v) is 12.9. The number of aliphatic carboxylic acids is 1. The Labute approximate surface area is 209 Å². The summed E-state index contributed by atoms with van der Waals surface area (Å²) in [5.74, 6) is 0.0805. The largest absolute Gasteiger partial charge is 0.493 e. The van der Waals surface area contributed by atoms with Crippen molar-refractivity contribution < 1.29 is 14.6 Å². The minimum atomic E-state index is -0.900. The molecule has 0 radical (unpaired) electrons. The van der Waals surface area contributed by atoms with Gasteiger partial charge in [-0.25, -0.2) is 4.79 Å². The SMILES string of the molecule is CCCCCCCCOc1c(\C(C)=C/C=C/C=C(\C)C(=O)O)cc(C(C)(C)C)cc1C(C)(C)C. The van der Waals surface area contributed by atoms with E-state index in [4.69, 9.17) is 9.84 Å². The fourth-order valence-electron chi connectivity index (χ4n) is 3.68. The van der Waals surface area contributed by atoms with E-state index in [0.717, 1.165) is 29.9 Å². The Morgan fingerprint density at radius 3 is 2.03 bits per heavy atom. The number of carboxylic acid groups (broad SMARTS) is 1. The lowest BCUT2D eigenvalue weighted by atomic mass is 9.78. The van der Waals surface area contributed by atoms with Crippen LogP contribution in [-0.4, -0.2) is 17.7 Å². The van der Waals surface area contributed by atoms with Crippen molar-refractivity contribution in [2.75, 3.05) is 6.61 Å². The van der Waals surface area contributed by atoms with Crippen LogP contribution >= 0.6 is 0 Å². The first-order chi connectivity index (χ1) is 15.8. The van der Waals surface area contributed by atoms with E-state index in [1.54, 1.807) is 19.1 Å². The molecule has 0 saturated heterocycles. The van der Waals surface area contributed by atoms with E-state index in [1.807, 2.05) is 12.2 Å². The van der Waals surface area contributed by atoms with E-state index < -0.39 is 5.97 Å². The number of hydrogen-bond acceptors (Lipinski definition) is 2. The molecule has 0 fully saturated rings. The van der Waals surface area contributed by atoms with Gasteiger partial charge in [0.15, 0.2) is 0 Å². The summed E-state index contributed by atoms with van der Waals surface area (Å²) in [6.07, 6.45) is 14.8. The highest BCUT2D eigenvalue weighted by Crippen LogP contribution is 2.41. The van der Waals surface area contributed by atoms with Crippen molar-refractivity contribution >= 4 is 11.5 Å². The number of benzene rings is 1. The number of carboxylic acids is 1. The predicted octanol–water partition coefficient (Wildman–Crippen LogP) is 9.01. The van der Waals surface area contributed by atoms with Crippen molar-refractivity contribution in [3.8, 4) is 5.75 Å². The molecule has 190 valence electrons. The topological polar surface area (TPSA) is 46.5 Å². The Hall–Kier alpha value is -2.29. The number of rotatable bonds is 12. The molecular formula is C31H48O3. The standard InChI is InChI=1S/C31H48O3/c1-10-11-12-13-14-17-20-34-28-26(23(2)18-15-16-19-24(3)29(32)33)21-25(30(4,5)6)22-27(28)31(7,8)9/h15-16,18-19,21-22H,10-14,17,20H2,1-9H3,(H,32,33)/b16-15+,23-18-,24-19+. The summed E-state index contributed by atoms with van der Waals surface area (Å²) < 4.78 is 6.51. The van der Waals surface area contributed by atoms with Gasteiger partial charge in [0.05, 0.1) is 6.61 Å². The zero-order chi connectivity index (χ0) is 25.9. The van der Waals surface area contributed by atoms with Crippen molar-refractivity contribution in [2.24, 2.45) is 0 Å². The molecule has 34 heavy (non-hydrogen) atoms. The molecule has 0 aliphatic rings. The van der Waals surface area contributed by atoms with Gasteiger partial charge in [0.25, 0.3) is 0 Å². The van der Waals surface area contributed by atoms with E-state index in [2.05, 4.69) is 67.5 Å². The lowest BCUT2D eigenvalue weighted by Crippen LogP contribution is -2.19. The summed E-state index contributed by atoms with van der Waals surface area (Å²) in [5.41, 5.74) is 5.03. The molecule has 1 rings (SSSR count). The Kier molecular flexibility index (Phi) is 11.9. The van der Waals surface area contributed by atoms with Crippen LogP contribution in [0.5, 0.6) is 5.75 Å². The molecule has 3 heteroatoms. The van der Waals surface area contributed by atoms with E-state index in [9.17, 15) is 4.79 Å². The average Bonchev–Trinajstić information content (AvgIpc) is 2.73. The van der Waals surface area contributed by atoms with Crippen LogP contribution in [0.25, 0.3) is 5.57 Å². The third-order valence-electron chi connectivity index (χ3n) is 6.07. The number of hydrogen-bond donors (Lipinski definition) is 1. The quantitative estimate of drug-likeness (QED) is 0.189. The second kappa shape index (κ2) is 13.6. The Morgan fingerprint density at radius 1 is 0.882 bits per heavy atom. The summed E-state index contributed by atoms with van der Waals surface area (Å²) >= 11 is 0. The maximum Gasteiger partial charge on any atom is 0.331 e. The van der Waals surface area contributed by atoms with Gasteiger partial charge in [-0.3, -0.25) is 0 Å². The smallest absolute Gasteiger partial charge is 0.331 e. The Morgan fingerprint density at radius 2 is 1.47 bits per heavy atom. The zero-order valence-electron chi connectivity index (χ0n) is 23.2. The number of allylic oxidation sites excluding steroid dienone is 5. The number of carbonyl (C=O) groups is 1. The molecule has 0 spiro atoms. The minimum Gasteiger partial charge on any atom is -0.493 e. The second-order valence-electron chi connectivity index (χ2n) is 11.4. The molecule has 1 aromatic rings. The van der Waals surface area contributed by atoms with E-state index in [0.29, 0.717) is 5.57 Å². The maximum atomic E-state index is 11.0. The van der Waals surface area contributed by atoms with Gasteiger partial charge in [-0.1, -0.05) is 111 Å². The van der Waals surface area contributed by atoms with Crippen LogP contribution in [0.3, 0.4) is 0 Å². The predicted molar refractivity (Wildman–Crippen MR) is 147 cm³/mol. The van der Waals surface area contributed by atoms with Crippen LogP contribution in [-0.2, 0) is 15.6 Å². The van der Waals surface area contributed by atoms with Crippen LogP contribution < -0.4 is 4.74 Å². The van der Waals surface area contributed by atoms with Crippen molar-refractivity contribution in [3.05, 3.63) is 58.7 Å². The van der Waals surface area contributed by atoms with Crippen LogP contribution in [0.4, 0.5) is 0 Å². The van der Waals surface area contributed by atoms with Gasteiger partial charge in [0.2, 0.25) is 0 Å². The summed E-state index contributed by atoms with van der Waals surface area (Å²) in [4.78, 5) is 11.0. The van der Waals surface area contributed by atoms with Crippen molar-refractivity contribution in [2.45, 2.75) is 112 Å². The van der Waals surface area contributed by atoms with Gasteiger partial charge < -0.3 is 9.84 Å². The molecule has 0 atom stereocenters. The molecule has 0 amide bonds. The molecule has 0 saturated carbocycles. The molecular weight excluding hydrogens is 420 g/mol. The van der Waals surface area contributed by atoms with Crippen LogP contribution in [0.2, 0.25) is 0 Å². The van der Waals surface area contributed by atoms with Crippen molar-refractivity contribution in [1.29, 1.82) is 0 Å². The number of unbranched alkanes of at least 4 members (excludes halogenated alkanes) is 5. The molecule has 1 N–H and O–H groups in total. The molecule has 0 heterocycles.